The predicted molar refractivity (Wildman–Crippen MR) is 110 cm³/mol. The van der Waals surface area contributed by atoms with Crippen LogP contribution in [0.5, 0.6) is 0 Å². The van der Waals surface area contributed by atoms with E-state index in [4.69, 9.17) is 9.47 Å². The molecule has 3 aliphatic rings. The third-order valence-corrected chi connectivity index (χ3v) is 6.81. The topological polar surface area (TPSA) is 59.0 Å². The molecular weight excluding hydrogens is 366 g/mol. The van der Waals surface area contributed by atoms with Crippen molar-refractivity contribution in [2.24, 2.45) is 11.8 Å². The number of aliphatic hydroxyl groups excluding tert-OH is 1. The zero-order chi connectivity index (χ0) is 20.1. The quantitative estimate of drug-likeness (QED) is 0.865. The minimum Gasteiger partial charge on any atom is -0.448 e. The Morgan fingerprint density at radius 1 is 1.14 bits per heavy atom. The van der Waals surface area contributed by atoms with E-state index >= 15 is 0 Å². The first-order valence-corrected chi connectivity index (χ1v) is 10.5. The number of benzene rings is 2. The van der Waals surface area contributed by atoms with E-state index in [1.165, 1.54) is 22.3 Å². The molecule has 0 saturated carbocycles. The fraction of sp³-hybridized carbons (Fsp3) is 0.458. The maximum Gasteiger partial charge on any atom is 0.410 e. The molecule has 1 N–H and O–H groups in total. The van der Waals surface area contributed by atoms with Crippen LogP contribution >= 0.6 is 0 Å². The van der Waals surface area contributed by atoms with E-state index in [0.717, 1.165) is 0 Å². The van der Waals surface area contributed by atoms with E-state index in [2.05, 4.69) is 38.1 Å². The van der Waals surface area contributed by atoms with Crippen LogP contribution in [-0.4, -0.2) is 54.1 Å². The van der Waals surface area contributed by atoms with Gasteiger partial charge in [0, 0.05) is 18.4 Å². The molecule has 2 aliphatic heterocycles. The van der Waals surface area contributed by atoms with Crippen molar-refractivity contribution in [3.05, 3.63) is 59.7 Å². The molecule has 5 rings (SSSR count). The summed E-state index contributed by atoms with van der Waals surface area (Å²) in [6, 6.07) is 16.3. The number of likely N-dealkylation sites (tertiary alicyclic amines) is 1. The summed E-state index contributed by atoms with van der Waals surface area (Å²) in [6.07, 6.45) is -1.11. The van der Waals surface area contributed by atoms with Crippen molar-refractivity contribution in [2.45, 2.75) is 38.0 Å². The lowest BCUT2D eigenvalue weighted by molar-refractivity contribution is 0.0472. The lowest BCUT2D eigenvalue weighted by atomic mass is 9.90. The highest BCUT2D eigenvalue weighted by Crippen LogP contribution is 2.45. The van der Waals surface area contributed by atoms with Gasteiger partial charge in [-0.15, -0.1) is 0 Å². The molecule has 5 nitrogen and oxygen atoms in total. The SMILES string of the molecule is CC(C)[C@H]1CN(C(=O)OCC2c3ccccc3-c3ccccc32)[C@H]2[C@@H]1OC[C@@H]2O. The minimum atomic E-state index is -0.649. The van der Waals surface area contributed by atoms with E-state index in [1.54, 1.807) is 4.90 Å². The summed E-state index contributed by atoms with van der Waals surface area (Å²) in [5, 5.41) is 10.4. The van der Waals surface area contributed by atoms with Gasteiger partial charge in [-0.25, -0.2) is 4.79 Å². The number of nitrogens with zero attached hydrogens (tertiary/aromatic N) is 1. The molecule has 2 saturated heterocycles. The van der Waals surface area contributed by atoms with Gasteiger partial charge in [0.1, 0.15) is 12.7 Å². The minimum absolute atomic E-state index is 0.0374. The van der Waals surface area contributed by atoms with Crippen molar-refractivity contribution in [1.29, 1.82) is 0 Å². The Labute approximate surface area is 171 Å². The van der Waals surface area contributed by atoms with Crippen LogP contribution in [0.15, 0.2) is 48.5 Å². The van der Waals surface area contributed by atoms with E-state index in [1.807, 2.05) is 24.3 Å². The third-order valence-electron chi connectivity index (χ3n) is 6.81. The predicted octanol–water partition coefficient (Wildman–Crippen LogP) is 3.65. The number of hydrogen-bond acceptors (Lipinski definition) is 4. The van der Waals surface area contributed by atoms with E-state index in [0.29, 0.717) is 19.1 Å². The maximum absolute atomic E-state index is 13.0. The van der Waals surface area contributed by atoms with Crippen LogP contribution < -0.4 is 0 Å². The summed E-state index contributed by atoms with van der Waals surface area (Å²) in [5.74, 6) is 0.632. The monoisotopic (exact) mass is 393 g/mol. The summed E-state index contributed by atoms with van der Waals surface area (Å²) in [7, 11) is 0. The van der Waals surface area contributed by atoms with Gasteiger partial charge in [-0.05, 0) is 28.2 Å². The Morgan fingerprint density at radius 2 is 1.76 bits per heavy atom. The molecule has 2 aromatic carbocycles. The molecule has 0 bridgehead atoms. The molecule has 2 aromatic rings. The molecule has 4 atom stereocenters. The number of ether oxygens (including phenoxy) is 2. The van der Waals surface area contributed by atoms with E-state index < -0.39 is 6.10 Å². The summed E-state index contributed by atoms with van der Waals surface area (Å²) in [5.41, 5.74) is 4.82. The molecule has 1 amide bonds. The smallest absolute Gasteiger partial charge is 0.410 e. The summed E-state index contributed by atoms with van der Waals surface area (Å²) < 4.78 is 11.6. The number of rotatable bonds is 3. The van der Waals surface area contributed by atoms with Gasteiger partial charge < -0.3 is 14.6 Å². The Hall–Kier alpha value is -2.37. The van der Waals surface area contributed by atoms with Gasteiger partial charge in [0.05, 0.1) is 18.8 Å². The number of amides is 1. The molecule has 29 heavy (non-hydrogen) atoms. The van der Waals surface area contributed by atoms with Gasteiger partial charge >= 0.3 is 6.09 Å². The van der Waals surface area contributed by atoms with Crippen LogP contribution in [0.4, 0.5) is 4.79 Å². The van der Waals surface area contributed by atoms with Crippen molar-refractivity contribution in [2.75, 3.05) is 19.8 Å². The third kappa shape index (κ3) is 2.95. The summed E-state index contributed by atoms with van der Waals surface area (Å²) in [4.78, 5) is 14.7. The molecule has 152 valence electrons. The van der Waals surface area contributed by atoms with Crippen LogP contribution in [0, 0.1) is 11.8 Å². The zero-order valence-electron chi connectivity index (χ0n) is 16.8. The van der Waals surface area contributed by atoms with E-state index in [9.17, 15) is 9.90 Å². The largest absolute Gasteiger partial charge is 0.448 e. The second-order valence-electron chi connectivity index (χ2n) is 8.72. The highest BCUT2D eigenvalue weighted by Gasteiger charge is 2.53. The van der Waals surface area contributed by atoms with Gasteiger partial charge in [0.25, 0.3) is 0 Å². The van der Waals surface area contributed by atoms with Crippen LogP contribution in [0.3, 0.4) is 0 Å². The van der Waals surface area contributed by atoms with Gasteiger partial charge in [0.2, 0.25) is 0 Å². The lowest BCUT2D eigenvalue weighted by Gasteiger charge is -2.25. The second-order valence-corrected chi connectivity index (χ2v) is 8.72. The first-order valence-electron chi connectivity index (χ1n) is 10.5. The Morgan fingerprint density at radius 3 is 2.38 bits per heavy atom. The van der Waals surface area contributed by atoms with Crippen molar-refractivity contribution in [3.63, 3.8) is 0 Å². The molecule has 0 radical (unpaired) electrons. The summed E-state index contributed by atoms with van der Waals surface area (Å²) >= 11 is 0. The van der Waals surface area contributed by atoms with Crippen LogP contribution in [0.2, 0.25) is 0 Å². The number of aliphatic hydroxyl groups is 1. The highest BCUT2D eigenvalue weighted by atomic mass is 16.6. The number of carbonyl (C=O) groups excluding carboxylic acids is 1. The van der Waals surface area contributed by atoms with Crippen molar-refractivity contribution < 1.29 is 19.4 Å². The molecule has 0 aromatic heterocycles. The van der Waals surface area contributed by atoms with Crippen molar-refractivity contribution in [1.82, 2.24) is 4.90 Å². The number of hydrogen-bond donors (Lipinski definition) is 1. The zero-order valence-corrected chi connectivity index (χ0v) is 16.8. The Kier molecular flexibility index (Phi) is 4.60. The standard InChI is InChI=1S/C24H27NO4/c1-14(2)19-11-25(22-21(26)13-28-23(19)22)24(27)29-12-20-17-9-5-3-7-15(17)16-8-4-6-10-18(16)20/h3-10,14,19-23,26H,11-13H2,1-2H3/t19-,21+,22-,23-/m1/s1. The first kappa shape index (κ1) is 18.6. The van der Waals surface area contributed by atoms with Gasteiger partial charge in [-0.2, -0.15) is 0 Å². The highest BCUT2D eigenvalue weighted by molar-refractivity contribution is 5.79. The molecule has 2 fully saturated rings. The Bertz CT molecular complexity index is 881. The van der Waals surface area contributed by atoms with Crippen molar-refractivity contribution in [3.8, 4) is 11.1 Å². The van der Waals surface area contributed by atoms with Crippen molar-refractivity contribution >= 4 is 6.09 Å². The Balaban J connectivity index is 1.35. The fourth-order valence-electron chi connectivity index (χ4n) is 5.30. The average molecular weight is 393 g/mol. The normalized spacial score (nSPS) is 27.8. The maximum atomic E-state index is 13.0. The first-order chi connectivity index (χ1) is 14.1. The molecule has 0 spiro atoms. The fourth-order valence-corrected chi connectivity index (χ4v) is 5.30. The number of carbonyl (C=O) groups is 1. The van der Waals surface area contributed by atoms with Crippen LogP contribution in [0.1, 0.15) is 30.9 Å². The van der Waals surface area contributed by atoms with Gasteiger partial charge in [-0.1, -0.05) is 62.4 Å². The number of fused-ring (bicyclic) bond motifs is 4. The lowest BCUT2D eigenvalue weighted by Crippen LogP contribution is -2.44. The van der Waals surface area contributed by atoms with Gasteiger partial charge in [-0.3, -0.25) is 4.90 Å². The molecule has 2 heterocycles. The summed E-state index contributed by atoms with van der Waals surface area (Å²) in [6.45, 7) is 5.42. The molecule has 0 unspecified atom stereocenters. The van der Waals surface area contributed by atoms with E-state index in [-0.39, 0.29) is 36.7 Å². The average Bonchev–Trinajstić information content (AvgIpc) is 3.38. The van der Waals surface area contributed by atoms with Crippen LogP contribution in [-0.2, 0) is 9.47 Å². The molecular formula is C24H27NO4. The molecule has 5 heteroatoms. The second kappa shape index (κ2) is 7.15. The van der Waals surface area contributed by atoms with Gasteiger partial charge in [0.15, 0.2) is 0 Å². The van der Waals surface area contributed by atoms with Crippen LogP contribution in [0.25, 0.3) is 11.1 Å². The molecule has 1 aliphatic carbocycles.